The van der Waals surface area contributed by atoms with E-state index in [1.54, 1.807) is 0 Å². The molecule has 0 radical (unpaired) electrons. The molecule has 94 valence electrons. The molecule has 0 rings (SSSR count). The van der Waals surface area contributed by atoms with Crippen LogP contribution < -0.4 is 5.73 Å². The molecule has 5 heteroatoms. The SMILES string of the molecule is C=C[C@H](CO[Si](C)(C)C(C)(C)C)OC(N)=O. The van der Waals surface area contributed by atoms with Gasteiger partial charge in [-0.3, -0.25) is 0 Å². The third kappa shape index (κ3) is 4.81. The molecule has 0 fully saturated rings. The molecule has 0 spiro atoms. The van der Waals surface area contributed by atoms with Crippen molar-refractivity contribution in [1.82, 2.24) is 0 Å². The Balaban J connectivity index is 4.31. The van der Waals surface area contributed by atoms with Gasteiger partial charge in [0.05, 0.1) is 6.61 Å². The van der Waals surface area contributed by atoms with Crippen molar-refractivity contribution in [1.29, 1.82) is 0 Å². The van der Waals surface area contributed by atoms with E-state index >= 15 is 0 Å². The molecule has 1 amide bonds. The standard InChI is InChI=1S/C11H23NO3Si/c1-7-9(15-10(12)13)8-14-16(5,6)11(2,3)4/h7,9H,1,8H2,2-6H3,(H2,12,13)/t9-/m1/s1. The van der Waals surface area contributed by atoms with Crippen molar-refractivity contribution in [3.8, 4) is 0 Å². The normalized spacial score (nSPS) is 14.3. The number of carbonyl (C=O) groups is 1. The number of primary amides is 1. The van der Waals surface area contributed by atoms with Gasteiger partial charge < -0.3 is 14.9 Å². The quantitative estimate of drug-likeness (QED) is 0.598. The molecule has 0 aromatic heterocycles. The lowest BCUT2D eigenvalue weighted by molar-refractivity contribution is 0.0930. The van der Waals surface area contributed by atoms with Crippen molar-refractivity contribution >= 4 is 14.4 Å². The van der Waals surface area contributed by atoms with Crippen LogP contribution in [0.15, 0.2) is 12.7 Å². The Morgan fingerprint density at radius 3 is 2.31 bits per heavy atom. The molecular weight excluding hydrogens is 222 g/mol. The van der Waals surface area contributed by atoms with Gasteiger partial charge in [0.2, 0.25) is 0 Å². The third-order valence-electron chi connectivity index (χ3n) is 2.95. The lowest BCUT2D eigenvalue weighted by Crippen LogP contribution is -2.43. The molecule has 0 unspecified atom stereocenters. The largest absolute Gasteiger partial charge is 0.440 e. The van der Waals surface area contributed by atoms with Crippen LogP contribution in [-0.2, 0) is 9.16 Å². The zero-order valence-electron chi connectivity index (χ0n) is 10.9. The maximum Gasteiger partial charge on any atom is 0.405 e. The van der Waals surface area contributed by atoms with E-state index in [9.17, 15) is 4.79 Å². The molecule has 4 nitrogen and oxygen atoms in total. The Kier molecular flexibility index (Phi) is 5.22. The summed E-state index contributed by atoms with van der Waals surface area (Å²) in [5.41, 5.74) is 4.94. The maximum absolute atomic E-state index is 10.6. The fourth-order valence-corrected chi connectivity index (χ4v) is 1.82. The molecular formula is C11H23NO3Si. The first-order valence-electron chi connectivity index (χ1n) is 5.33. The van der Waals surface area contributed by atoms with E-state index in [1.165, 1.54) is 6.08 Å². The van der Waals surface area contributed by atoms with Gasteiger partial charge in [-0.1, -0.05) is 27.4 Å². The number of hydrogen-bond acceptors (Lipinski definition) is 3. The molecule has 0 aromatic carbocycles. The molecule has 16 heavy (non-hydrogen) atoms. The highest BCUT2D eigenvalue weighted by molar-refractivity contribution is 6.74. The molecule has 1 atom stereocenters. The topological polar surface area (TPSA) is 61.6 Å². The predicted octanol–water partition coefficient (Wildman–Crippen LogP) is 2.66. The fraction of sp³-hybridized carbons (Fsp3) is 0.727. The van der Waals surface area contributed by atoms with Crippen LogP contribution in [0.1, 0.15) is 20.8 Å². The first-order chi connectivity index (χ1) is 7.10. The van der Waals surface area contributed by atoms with Crippen LogP contribution in [0.2, 0.25) is 18.1 Å². The van der Waals surface area contributed by atoms with E-state index in [0.717, 1.165) is 0 Å². The number of amides is 1. The molecule has 0 aromatic rings. The Morgan fingerprint density at radius 2 is 2.00 bits per heavy atom. The number of rotatable bonds is 5. The van der Waals surface area contributed by atoms with Crippen molar-refractivity contribution in [3.05, 3.63) is 12.7 Å². The zero-order valence-corrected chi connectivity index (χ0v) is 11.9. The van der Waals surface area contributed by atoms with E-state index < -0.39 is 20.5 Å². The summed E-state index contributed by atoms with van der Waals surface area (Å²) in [6.45, 7) is 14.6. The van der Waals surface area contributed by atoms with E-state index in [2.05, 4.69) is 40.4 Å². The molecule has 0 saturated carbocycles. The van der Waals surface area contributed by atoms with Crippen LogP contribution in [0.3, 0.4) is 0 Å². The van der Waals surface area contributed by atoms with Crippen molar-refractivity contribution < 1.29 is 14.0 Å². The van der Waals surface area contributed by atoms with Crippen LogP contribution >= 0.6 is 0 Å². The number of hydrogen-bond donors (Lipinski definition) is 1. The second-order valence-electron chi connectivity index (χ2n) is 5.28. The van der Waals surface area contributed by atoms with Gasteiger partial charge in [-0.2, -0.15) is 0 Å². The predicted molar refractivity (Wildman–Crippen MR) is 67.8 cm³/mol. The highest BCUT2D eigenvalue weighted by atomic mass is 28.4. The minimum atomic E-state index is -1.81. The van der Waals surface area contributed by atoms with E-state index in [4.69, 9.17) is 14.9 Å². The summed E-state index contributed by atoms with van der Waals surface area (Å²) in [7, 11) is -1.81. The van der Waals surface area contributed by atoms with Crippen LogP contribution in [0.5, 0.6) is 0 Å². The average Bonchev–Trinajstić information content (AvgIpc) is 2.09. The van der Waals surface area contributed by atoms with Crippen LogP contribution in [0.4, 0.5) is 4.79 Å². The summed E-state index contributed by atoms with van der Waals surface area (Å²) in [5.74, 6) is 0. The molecule has 2 N–H and O–H groups in total. The summed E-state index contributed by atoms with van der Waals surface area (Å²) in [6, 6.07) is 0. The summed E-state index contributed by atoms with van der Waals surface area (Å²) in [4.78, 5) is 10.6. The van der Waals surface area contributed by atoms with Gasteiger partial charge in [-0.05, 0) is 24.2 Å². The molecule has 0 aliphatic rings. The highest BCUT2D eigenvalue weighted by Crippen LogP contribution is 2.36. The van der Waals surface area contributed by atoms with Crippen LogP contribution in [0.25, 0.3) is 0 Å². The number of ether oxygens (including phenoxy) is 1. The third-order valence-corrected chi connectivity index (χ3v) is 7.45. The minimum Gasteiger partial charge on any atom is -0.440 e. The molecule has 0 heterocycles. The van der Waals surface area contributed by atoms with Gasteiger partial charge in [-0.25, -0.2) is 4.79 Å². The summed E-state index contributed by atoms with van der Waals surface area (Å²) in [5, 5.41) is 0.130. The van der Waals surface area contributed by atoms with Crippen molar-refractivity contribution in [2.24, 2.45) is 5.73 Å². The smallest absolute Gasteiger partial charge is 0.405 e. The molecule has 0 bridgehead atoms. The lowest BCUT2D eigenvalue weighted by Gasteiger charge is -2.36. The van der Waals surface area contributed by atoms with Gasteiger partial charge in [0, 0.05) is 0 Å². The highest BCUT2D eigenvalue weighted by Gasteiger charge is 2.37. The monoisotopic (exact) mass is 245 g/mol. The van der Waals surface area contributed by atoms with Crippen molar-refractivity contribution in [2.75, 3.05) is 6.61 Å². The Labute approximate surface area is 98.9 Å². The van der Waals surface area contributed by atoms with Gasteiger partial charge in [0.1, 0.15) is 6.10 Å². The molecule has 0 aliphatic carbocycles. The Bertz CT molecular complexity index is 258. The second-order valence-corrected chi connectivity index (χ2v) is 10.1. The van der Waals surface area contributed by atoms with Crippen LogP contribution in [-0.4, -0.2) is 27.1 Å². The Hall–Kier alpha value is -0.813. The average molecular weight is 245 g/mol. The molecule has 0 saturated heterocycles. The van der Waals surface area contributed by atoms with E-state index in [0.29, 0.717) is 6.61 Å². The molecule has 0 aliphatic heterocycles. The summed E-state index contributed by atoms with van der Waals surface area (Å²) < 4.78 is 10.7. The van der Waals surface area contributed by atoms with Gasteiger partial charge in [-0.15, -0.1) is 0 Å². The van der Waals surface area contributed by atoms with E-state index in [-0.39, 0.29) is 5.04 Å². The summed E-state index contributed by atoms with van der Waals surface area (Å²) in [6.07, 6.45) is 0.258. The Morgan fingerprint density at radius 1 is 1.50 bits per heavy atom. The lowest BCUT2D eigenvalue weighted by atomic mass is 10.2. The van der Waals surface area contributed by atoms with Crippen molar-refractivity contribution in [2.45, 2.75) is 45.0 Å². The van der Waals surface area contributed by atoms with Gasteiger partial charge in [0.25, 0.3) is 0 Å². The summed E-state index contributed by atoms with van der Waals surface area (Å²) >= 11 is 0. The number of nitrogens with two attached hydrogens (primary N) is 1. The minimum absolute atomic E-state index is 0.130. The van der Waals surface area contributed by atoms with E-state index in [1.807, 2.05) is 0 Å². The van der Waals surface area contributed by atoms with Gasteiger partial charge >= 0.3 is 6.09 Å². The fourth-order valence-electron chi connectivity index (χ4n) is 0.806. The number of carbonyl (C=O) groups excluding carboxylic acids is 1. The van der Waals surface area contributed by atoms with Crippen LogP contribution in [0, 0.1) is 0 Å². The first-order valence-corrected chi connectivity index (χ1v) is 8.23. The maximum atomic E-state index is 10.6. The van der Waals surface area contributed by atoms with Gasteiger partial charge in [0.15, 0.2) is 8.32 Å². The van der Waals surface area contributed by atoms with Crippen molar-refractivity contribution in [3.63, 3.8) is 0 Å². The second kappa shape index (κ2) is 5.50. The first kappa shape index (κ1) is 15.2. The zero-order chi connectivity index (χ0) is 13.0.